The van der Waals surface area contributed by atoms with Gasteiger partial charge in [-0.1, -0.05) is 36.5 Å². The molecule has 8 heteroatoms. The topological polar surface area (TPSA) is 92.5 Å². The van der Waals surface area contributed by atoms with Gasteiger partial charge in [0.05, 0.1) is 20.7 Å². The minimum Gasteiger partial charge on any atom is -0.480 e. The lowest BCUT2D eigenvalue weighted by Crippen LogP contribution is -2.29. The molecule has 104 valence electrons. The third kappa shape index (κ3) is 3.97. The van der Waals surface area contributed by atoms with E-state index >= 15 is 0 Å². The van der Waals surface area contributed by atoms with Gasteiger partial charge >= 0.3 is 5.97 Å². The van der Waals surface area contributed by atoms with Crippen LogP contribution < -0.4 is 5.32 Å². The van der Waals surface area contributed by atoms with Crippen molar-refractivity contribution in [3.05, 3.63) is 32.3 Å². The average molecular weight is 307 g/mol. The number of carboxylic acids is 1. The summed E-state index contributed by atoms with van der Waals surface area (Å²) in [6.07, 6.45) is 1.05. The number of carbonyl (C=O) groups is 1. The van der Waals surface area contributed by atoms with E-state index in [1.54, 1.807) is 0 Å². The molecule has 2 N–H and O–H groups in total. The quantitative estimate of drug-likeness (QED) is 0.619. The lowest BCUT2D eigenvalue weighted by Gasteiger charge is -2.17. The summed E-state index contributed by atoms with van der Waals surface area (Å²) >= 11 is 11.8. The summed E-state index contributed by atoms with van der Waals surface area (Å²) in [6.45, 7) is 1.84. The number of anilines is 1. The number of halogens is 2. The Kier molecular flexibility index (Phi) is 5.38. The molecular weight excluding hydrogens is 295 g/mol. The molecule has 1 aromatic rings. The van der Waals surface area contributed by atoms with Gasteiger partial charge in [0, 0.05) is 12.1 Å². The van der Waals surface area contributed by atoms with Crippen LogP contribution in [0.25, 0.3) is 0 Å². The Morgan fingerprint density at radius 1 is 1.47 bits per heavy atom. The van der Waals surface area contributed by atoms with E-state index in [1.807, 2.05) is 6.92 Å². The van der Waals surface area contributed by atoms with Crippen molar-refractivity contribution in [2.24, 2.45) is 0 Å². The molecule has 0 saturated heterocycles. The molecule has 1 unspecified atom stereocenters. The number of benzene rings is 1. The Labute approximate surface area is 119 Å². The van der Waals surface area contributed by atoms with E-state index in [0.29, 0.717) is 12.8 Å². The Morgan fingerprint density at radius 2 is 2.00 bits per heavy atom. The molecule has 0 aliphatic carbocycles. The first kappa shape index (κ1) is 15.5. The van der Waals surface area contributed by atoms with Crippen LogP contribution in [0.5, 0.6) is 0 Å². The van der Waals surface area contributed by atoms with Gasteiger partial charge in [-0.05, 0) is 6.42 Å². The van der Waals surface area contributed by atoms with Crippen molar-refractivity contribution in [2.45, 2.75) is 25.8 Å². The Hall–Kier alpha value is -1.53. The van der Waals surface area contributed by atoms with Crippen LogP contribution in [0.15, 0.2) is 12.1 Å². The minimum atomic E-state index is -1.03. The maximum Gasteiger partial charge on any atom is 0.326 e. The maximum absolute atomic E-state index is 11.0. The highest BCUT2D eigenvalue weighted by Gasteiger charge is 2.21. The fourth-order valence-corrected chi connectivity index (χ4v) is 2.11. The summed E-state index contributed by atoms with van der Waals surface area (Å²) in [7, 11) is 0. The number of carboxylic acid groups (broad SMARTS) is 1. The van der Waals surface area contributed by atoms with Crippen LogP contribution in [-0.4, -0.2) is 22.0 Å². The third-order valence-corrected chi connectivity index (χ3v) is 3.03. The molecule has 19 heavy (non-hydrogen) atoms. The van der Waals surface area contributed by atoms with Crippen molar-refractivity contribution in [1.29, 1.82) is 0 Å². The second-order valence-corrected chi connectivity index (χ2v) is 4.68. The standard InChI is InChI=1S/C11H12Cl2N2O4/c1-2-3-9(11(16)17)14-10-7(12)4-6(15(18)19)5-8(10)13/h4-5,9,14H,2-3H2,1H3,(H,16,17). The van der Waals surface area contributed by atoms with Crippen LogP contribution in [-0.2, 0) is 4.79 Å². The lowest BCUT2D eigenvalue weighted by molar-refractivity contribution is -0.384. The SMILES string of the molecule is CCCC(Nc1c(Cl)cc([N+](=O)[O-])cc1Cl)C(=O)O. The van der Waals surface area contributed by atoms with E-state index in [9.17, 15) is 14.9 Å². The van der Waals surface area contributed by atoms with Gasteiger partial charge in [-0.3, -0.25) is 10.1 Å². The second-order valence-electron chi connectivity index (χ2n) is 3.87. The number of nitro groups is 1. The second kappa shape index (κ2) is 6.58. The first-order valence-electron chi connectivity index (χ1n) is 5.49. The highest BCUT2D eigenvalue weighted by atomic mass is 35.5. The molecule has 0 aliphatic rings. The van der Waals surface area contributed by atoms with Crippen LogP contribution in [0.4, 0.5) is 11.4 Å². The zero-order valence-corrected chi connectivity index (χ0v) is 11.5. The Bertz CT molecular complexity index is 484. The largest absolute Gasteiger partial charge is 0.480 e. The van der Waals surface area contributed by atoms with E-state index in [-0.39, 0.29) is 21.4 Å². The van der Waals surface area contributed by atoms with Gasteiger partial charge in [0.1, 0.15) is 6.04 Å². The van der Waals surface area contributed by atoms with Crippen molar-refractivity contribution < 1.29 is 14.8 Å². The Morgan fingerprint density at radius 3 is 2.37 bits per heavy atom. The van der Waals surface area contributed by atoms with Crippen molar-refractivity contribution in [3.8, 4) is 0 Å². The predicted octanol–water partition coefficient (Wildman–Crippen LogP) is 3.57. The summed E-state index contributed by atoms with van der Waals surface area (Å²) in [6, 6.07) is 1.41. The van der Waals surface area contributed by atoms with Crippen LogP contribution >= 0.6 is 23.2 Å². The number of aliphatic carboxylic acids is 1. The monoisotopic (exact) mass is 306 g/mol. The zero-order valence-electron chi connectivity index (χ0n) is 10.0. The van der Waals surface area contributed by atoms with Gasteiger partial charge in [-0.15, -0.1) is 0 Å². The van der Waals surface area contributed by atoms with Gasteiger partial charge in [0.15, 0.2) is 0 Å². The van der Waals surface area contributed by atoms with Crippen LogP contribution in [0.1, 0.15) is 19.8 Å². The number of nitrogens with zero attached hydrogens (tertiary/aromatic N) is 1. The average Bonchev–Trinajstić information content (AvgIpc) is 2.31. The molecule has 0 aliphatic heterocycles. The molecule has 1 atom stereocenters. The normalized spacial score (nSPS) is 11.9. The zero-order chi connectivity index (χ0) is 14.6. The lowest BCUT2D eigenvalue weighted by atomic mass is 10.1. The number of hydrogen-bond acceptors (Lipinski definition) is 4. The van der Waals surface area contributed by atoms with Crippen LogP contribution in [0, 0.1) is 10.1 Å². The number of rotatable bonds is 6. The number of nitro benzene ring substituents is 1. The molecule has 1 aromatic carbocycles. The molecule has 6 nitrogen and oxygen atoms in total. The smallest absolute Gasteiger partial charge is 0.326 e. The van der Waals surface area contributed by atoms with Crippen molar-refractivity contribution in [3.63, 3.8) is 0 Å². The fourth-order valence-electron chi connectivity index (χ4n) is 1.52. The van der Waals surface area contributed by atoms with E-state index in [2.05, 4.69) is 5.32 Å². The van der Waals surface area contributed by atoms with Gasteiger partial charge in [-0.2, -0.15) is 0 Å². The summed E-state index contributed by atoms with van der Waals surface area (Å²) in [4.78, 5) is 21.0. The maximum atomic E-state index is 11.0. The summed E-state index contributed by atoms with van der Waals surface area (Å²) in [5.74, 6) is -1.03. The molecular formula is C11H12Cl2N2O4. The molecule has 0 fully saturated rings. The van der Waals surface area contributed by atoms with Crippen LogP contribution in [0.3, 0.4) is 0 Å². The highest BCUT2D eigenvalue weighted by molar-refractivity contribution is 6.39. The van der Waals surface area contributed by atoms with Crippen molar-refractivity contribution in [1.82, 2.24) is 0 Å². The number of nitrogens with one attached hydrogen (secondary N) is 1. The molecule has 0 radical (unpaired) electrons. The predicted molar refractivity (Wildman–Crippen MR) is 73.1 cm³/mol. The summed E-state index contributed by atoms with van der Waals surface area (Å²) < 4.78 is 0. The van der Waals surface area contributed by atoms with Gasteiger partial charge in [-0.25, -0.2) is 4.79 Å². The first-order valence-corrected chi connectivity index (χ1v) is 6.25. The van der Waals surface area contributed by atoms with Gasteiger partial charge in [0.25, 0.3) is 5.69 Å². The Balaban J connectivity index is 3.07. The van der Waals surface area contributed by atoms with E-state index in [0.717, 1.165) is 12.1 Å². The fraction of sp³-hybridized carbons (Fsp3) is 0.364. The van der Waals surface area contributed by atoms with Crippen molar-refractivity contribution >= 4 is 40.5 Å². The number of non-ortho nitro benzene ring substituents is 1. The molecule has 1 rings (SSSR count). The summed E-state index contributed by atoms with van der Waals surface area (Å²) in [5, 5.41) is 22.4. The van der Waals surface area contributed by atoms with E-state index in [1.165, 1.54) is 0 Å². The number of hydrogen-bond donors (Lipinski definition) is 2. The molecule has 0 spiro atoms. The van der Waals surface area contributed by atoms with E-state index in [4.69, 9.17) is 28.3 Å². The molecule has 0 amide bonds. The van der Waals surface area contributed by atoms with E-state index < -0.39 is 16.9 Å². The van der Waals surface area contributed by atoms with Gasteiger partial charge in [0.2, 0.25) is 0 Å². The van der Waals surface area contributed by atoms with Gasteiger partial charge < -0.3 is 10.4 Å². The highest BCUT2D eigenvalue weighted by Crippen LogP contribution is 2.35. The summed E-state index contributed by atoms with van der Waals surface area (Å²) in [5.41, 5.74) is -0.0577. The molecule has 0 heterocycles. The molecule has 0 aromatic heterocycles. The van der Waals surface area contributed by atoms with Crippen molar-refractivity contribution in [2.75, 3.05) is 5.32 Å². The first-order chi connectivity index (χ1) is 8.86. The van der Waals surface area contributed by atoms with Crippen LogP contribution in [0.2, 0.25) is 10.0 Å². The third-order valence-electron chi connectivity index (χ3n) is 2.43. The minimum absolute atomic E-state index is 0.0153. The molecule has 0 bridgehead atoms. The molecule has 0 saturated carbocycles.